The van der Waals surface area contributed by atoms with Crippen molar-refractivity contribution in [2.75, 3.05) is 5.01 Å². The third kappa shape index (κ3) is 3.69. The van der Waals surface area contributed by atoms with Gasteiger partial charge in [0.1, 0.15) is 0 Å². The van der Waals surface area contributed by atoms with Gasteiger partial charge in [0.05, 0.1) is 17.9 Å². The highest BCUT2D eigenvalue weighted by atomic mass is 16.5. The largest absolute Gasteiger partial charge is 0.487 e. The molecule has 0 fully saturated rings. The van der Waals surface area contributed by atoms with Gasteiger partial charge in [-0.2, -0.15) is 5.10 Å². The second kappa shape index (κ2) is 6.37. The van der Waals surface area contributed by atoms with Crippen LogP contribution < -0.4 is 14.5 Å². The van der Waals surface area contributed by atoms with E-state index >= 15 is 0 Å². The summed E-state index contributed by atoms with van der Waals surface area (Å²) in [5.74, 6) is 1.61. The van der Waals surface area contributed by atoms with E-state index in [1.54, 1.807) is 0 Å². The molecule has 1 aliphatic rings. The first-order valence-corrected chi connectivity index (χ1v) is 7.70. The van der Waals surface area contributed by atoms with E-state index in [4.69, 9.17) is 9.47 Å². The minimum absolute atomic E-state index is 0.108. The van der Waals surface area contributed by atoms with Gasteiger partial charge in [-0.25, -0.2) is 0 Å². The summed E-state index contributed by atoms with van der Waals surface area (Å²) >= 11 is 0. The molecule has 0 bridgehead atoms. The van der Waals surface area contributed by atoms with Crippen LogP contribution in [0.4, 0.5) is 5.69 Å². The molecular formula is C17H26N2O2. The number of rotatable bonds is 5. The standard InChI is InChI=1S/C17H26N2O2/c1-11(2)19-15-10-17(21-13(5)6)16(20-12(3)4)9-14(15)7-8-18-19/h8-13H,7H2,1-6H3. The van der Waals surface area contributed by atoms with Gasteiger partial charge in [-0.05, 0) is 53.2 Å². The van der Waals surface area contributed by atoms with Crippen molar-refractivity contribution in [2.24, 2.45) is 5.10 Å². The van der Waals surface area contributed by atoms with Gasteiger partial charge in [-0.15, -0.1) is 0 Å². The highest BCUT2D eigenvalue weighted by molar-refractivity contribution is 5.75. The van der Waals surface area contributed by atoms with Crippen LogP contribution in [0.3, 0.4) is 0 Å². The summed E-state index contributed by atoms with van der Waals surface area (Å²) in [6.07, 6.45) is 3.01. The van der Waals surface area contributed by atoms with E-state index < -0.39 is 0 Å². The van der Waals surface area contributed by atoms with Crippen molar-refractivity contribution in [3.8, 4) is 11.5 Å². The van der Waals surface area contributed by atoms with Crippen LogP contribution in [0.25, 0.3) is 0 Å². The summed E-state index contributed by atoms with van der Waals surface area (Å²) in [6, 6.07) is 4.46. The zero-order valence-electron chi connectivity index (χ0n) is 13.9. The molecule has 0 radical (unpaired) electrons. The highest BCUT2D eigenvalue weighted by Crippen LogP contribution is 2.38. The van der Waals surface area contributed by atoms with Gasteiger partial charge < -0.3 is 9.47 Å². The van der Waals surface area contributed by atoms with Gasteiger partial charge in [-0.1, -0.05) is 0 Å². The lowest BCUT2D eigenvalue weighted by atomic mass is 10.1. The van der Waals surface area contributed by atoms with E-state index in [1.165, 1.54) is 5.56 Å². The first-order chi connectivity index (χ1) is 9.88. The predicted molar refractivity (Wildman–Crippen MR) is 87.8 cm³/mol. The van der Waals surface area contributed by atoms with Crippen LogP contribution in [0.5, 0.6) is 11.5 Å². The quantitative estimate of drug-likeness (QED) is 0.821. The molecule has 0 N–H and O–H groups in total. The third-order valence-electron chi connectivity index (χ3n) is 3.12. The van der Waals surface area contributed by atoms with Crippen LogP contribution in [0, 0.1) is 0 Å². The molecule has 21 heavy (non-hydrogen) atoms. The van der Waals surface area contributed by atoms with Crippen molar-refractivity contribution in [3.63, 3.8) is 0 Å². The number of nitrogens with zero attached hydrogens (tertiary/aromatic N) is 2. The van der Waals surface area contributed by atoms with Gasteiger partial charge in [0.25, 0.3) is 0 Å². The lowest BCUT2D eigenvalue weighted by molar-refractivity contribution is 0.198. The SMILES string of the molecule is CC(C)Oc1cc2c(cc1OC(C)C)N(C(C)C)N=CC2. The first-order valence-electron chi connectivity index (χ1n) is 7.70. The van der Waals surface area contributed by atoms with E-state index in [-0.39, 0.29) is 12.2 Å². The maximum Gasteiger partial charge on any atom is 0.163 e. The molecule has 1 aromatic rings. The van der Waals surface area contributed by atoms with Crippen molar-refractivity contribution in [3.05, 3.63) is 17.7 Å². The molecule has 0 saturated heterocycles. The molecule has 0 unspecified atom stereocenters. The average molecular weight is 290 g/mol. The number of hydrazone groups is 1. The van der Waals surface area contributed by atoms with Crippen LogP contribution in [0.1, 0.15) is 47.1 Å². The topological polar surface area (TPSA) is 34.1 Å². The van der Waals surface area contributed by atoms with Crippen LogP contribution in [0.15, 0.2) is 17.2 Å². The van der Waals surface area contributed by atoms with Crippen molar-refractivity contribution < 1.29 is 9.47 Å². The molecule has 0 aliphatic carbocycles. The fraction of sp³-hybridized carbons (Fsp3) is 0.588. The third-order valence-corrected chi connectivity index (χ3v) is 3.12. The molecule has 0 atom stereocenters. The van der Waals surface area contributed by atoms with Crippen LogP contribution in [0.2, 0.25) is 0 Å². The van der Waals surface area contributed by atoms with Gasteiger partial charge in [0.15, 0.2) is 11.5 Å². The van der Waals surface area contributed by atoms with Gasteiger partial charge in [0, 0.05) is 24.7 Å². The van der Waals surface area contributed by atoms with Crippen molar-refractivity contribution in [1.82, 2.24) is 0 Å². The fourth-order valence-electron chi connectivity index (χ4n) is 2.36. The normalized spacial score (nSPS) is 14.0. The van der Waals surface area contributed by atoms with Crippen molar-refractivity contribution in [2.45, 2.75) is 66.2 Å². The van der Waals surface area contributed by atoms with E-state index in [1.807, 2.05) is 38.9 Å². The Kier molecular flexibility index (Phi) is 4.76. The number of benzene rings is 1. The summed E-state index contributed by atoms with van der Waals surface area (Å²) in [5, 5.41) is 6.53. The van der Waals surface area contributed by atoms with E-state index in [9.17, 15) is 0 Å². The van der Waals surface area contributed by atoms with Crippen LogP contribution in [-0.2, 0) is 6.42 Å². The zero-order chi connectivity index (χ0) is 15.6. The Labute approximate surface area is 127 Å². The number of fused-ring (bicyclic) bond motifs is 1. The maximum atomic E-state index is 5.94. The second-order valence-electron chi connectivity index (χ2n) is 6.20. The number of anilines is 1. The molecule has 2 rings (SSSR count). The van der Waals surface area contributed by atoms with Crippen LogP contribution in [-0.4, -0.2) is 24.5 Å². The Bertz CT molecular complexity index is 522. The zero-order valence-corrected chi connectivity index (χ0v) is 13.9. The van der Waals surface area contributed by atoms with Gasteiger partial charge in [0.2, 0.25) is 0 Å². The Morgan fingerprint density at radius 3 is 2.05 bits per heavy atom. The molecule has 1 heterocycles. The van der Waals surface area contributed by atoms with Gasteiger partial charge in [-0.3, -0.25) is 5.01 Å². The number of hydrogen-bond acceptors (Lipinski definition) is 4. The molecule has 0 amide bonds. The van der Waals surface area contributed by atoms with Crippen molar-refractivity contribution >= 4 is 11.9 Å². The minimum Gasteiger partial charge on any atom is -0.487 e. The molecule has 0 spiro atoms. The molecule has 1 aliphatic heterocycles. The summed E-state index contributed by atoms with van der Waals surface area (Å²) in [7, 11) is 0. The molecular weight excluding hydrogens is 264 g/mol. The van der Waals surface area contributed by atoms with Crippen LogP contribution >= 0.6 is 0 Å². The summed E-state index contributed by atoms with van der Waals surface area (Å²) < 4.78 is 11.9. The summed E-state index contributed by atoms with van der Waals surface area (Å²) in [4.78, 5) is 0. The molecule has 4 heteroatoms. The summed E-state index contributed by atoms with van der Waals surface area (Å²) in [6.45, 7) is 12.4. The lowest BCUT2D eigenvalue weighted by Crippen LogP contribution is -2.28. The van der Waals surface area contributed by atoms with E-state index in [0.717, 1.165) is 23.6 Å². The predicted octanol–water partition coefficient (Wildman–Crippen LogP) is 4.02. The molecule has 1 aromatic carbocycles. The molecule has 0 saturated carbocycles. The molecule has 0 aromatic heterocycles. The molecule has 4 nitrogen and oxygen atoms in total. The van der Waals surface area contributed by atoms with Crippen molar-refractivity contribution in [1.29, 1.82) is 0 Å². The monoisotopic (exact) mass is 290 g/mol. The van der Waals surface area contributed by atoms with E-state index in [2.05, 4.69) is 31.1 Å². The van der Waals surface area contributed by atoms with E-state index in [0.29, 0.717) is 6.04 Å². The Hall–Kier alpha value is -1.71. The number of ether oxygens (including phenoxy) is 2. The minimum atomic E-state index is 0.108. The Balaban J connectivity index is 2.45. The summed E-state index contributed by atoms with van der Waals surface area (Å²) in [5.41, 5.74) is 2.34. The smallest absolute Gasteiger partial charge is 0.163 e. The lowest BCUT2D eigenvalue weighted by Gasteiger charge is -2.30. The highest BCUT2D eigenvalue weighted by Gasteiger charge is 2.21. The fourth-order valence-corrected chi connectivity index (χ4v) is 2.36. The second-order valence-corrected chi connectivity index (χ2v) is 6.20. The Morgan fingerprint density at radius 2 is 1.52 bits per heavy atom. The Morgan fingerprint density at radius 1 is 0.952 bits per heavy atom. The first kappa shape index (κ1) is 15.7. The number of hydrogen-bond donors (Lipinski definition) is 0. The van der Waals surface area contributed by atoms with Gasteiger partial charge >= 0.3 is 0 Å². The maximum absolute atomic E-state index is 5.94. The molecule has 116 valence electrons. The average Bonchev–Trinajstić information content (AvgIpc) is 2.37.